The summed E-state index contributed by atoms with van der Waals surface area (Å²) in [5, 5.41) is 9.77. The van der Waals surface area contributed by atoms with Gasteiger partial charge in [-0.25, -0.2) is 0 Å². The van der Waals surface area contributed by atoms with E-state index in [0.717, 1.165) is 0 Å². The minimum Gasteiger partial charge on any atom is -0.508 e. The number of phenols is 1. The van der Waals surface area contributed by atoms with E-state index in [0.29, 0.717) is 29.1 Å². The van der Waals surface area contributed by atoms with Crippen LogP contribution in [0.15, 0.2) is 42.5 Å². The van der Waals surface area contributed by atoms with Crippen LogP contribution >= 0.6 is 0 Å². The minimum atomic E-state index is -0.220. The van der Waals surface area contributed by atoms with Crippen molar-refractivity contribution in [1.29, 1.82) is 0 Å². The number of hydrogen-bond donors (Lipinski definition) is 2. The summed E-state index contributed by atoms with van der Waals surface area (Å²) in [6.07, 6.45) is 0. The maximum atomic E-state index is 12.5. The van der Waals surface area contributed by atoms with Crippen molar-refractivity contribution in [3.8, 4) is 11.5 Å². The summed E-state index contributed by atoms with van der Waals surface area (Å²) in [6.45, 7) is 0.295. The molecule has 0 aliphatic heterocycles. The van der Waals surface area contributed by atoms with Gasteiger partial charge in [0, 0.05) is 19.2 Å². The summed E-state index contributed by atoms with van der Waals surface area (Å²) in [5.41, 5.74) is 7.30. The van der Waals surface area contributed by atoms with Gasteiger partial charge < -0.3 is 20.5 Å². The van der Waals surface area contributed by atoms with Gasteiger partial charge in [0.15, 0.2) is 5.75 Å². The molecule has 0 radical (unpaired) electrons. The fourth-order valence-corrected chi connectivity index (χ4v) is 2.13. The minimum absolute atomic E-state index is 0.164. The van der Waals surface area contributed by atoms with Crippen molar-refractivity contribution < 1.29 is 14.6 Å². The Morgan fingerprint density at radius 1 is 1.24 bits per heavy atom. The van der Waals surface area contributed by atoms with Crippen molar-refractivity contribution in [3.05, 3.63) is 53.6 Å². The molecule has 0 aliphatic rings. The number of nitrogens with two attached hydrogens (primary N) is 1. The van der Waals surface area contributed by atoms with E-state index in [-0.39, 0.29) is 11.7 Å². The second-order valence-electron chi connectivity index (χ2n) is 4.72. The average molecular weight is 286 g/mol. The van der Waals surface area contributed by atoms with Crippen LogP contribution in [0.25, 0.3) is 0 Å². The Morgan fingerprint density at radius 3 is 2.62 bits per heavy atom. The third-order valence-corrected chi connectivity index (χ3v) is 3.23. The van der Waals surface area contributed by atoms with E-state index in [2.05, 4.69) is 0 Å². The Labute approximate surface area is 123 Å². The van der Waals surface area contributed by atoms with Crippen LogP contribution in [-0.4, -0.2) is 30.1 Å². The molecule has 0 unspecified atom stereocenters. The van der Waals surface area contributed by atoms with Crippen LogP contribution in [0.1, 0.15) is 15.9 Å². The first kappa shape index (κ1) is 14.7. The number of methoxy groups -OCH3 is 1. The number of para-hydroxylation sites is 2. The van der Waals surface area contributed by atoms with Gasteiger partial charge in [-0.15, -0.1) is 0 Å². The van der Waals surface area contributed by atoms with E-state index in [9.17, 15) is 9.90 Å². The Kier molecular flexibility index (Phi) is 4.33. The molecule has 2 aromatic rings. The third-order valence-electron chi connectivity index (χ3n) is 3.23. The van der Waals surface area contributed by atoms with Gasteiger partial charge in [-0.2, -0.15) is 0 Å². The molecular weight excluding hydrogens is 268 g/mol. The molecule has 0 aromatic heterocycles. The summed E-state index contributed by atoms with van der Waals surface area (Å²) in [7, 11) is 3.14. The van der Waals surface area contributed by atoms with Crippen molar-refractivity contribution in [2.45, 2.75) is 6.54 Å². The normalized spacial score (nSPS) is 10.2. The lowest BCUT2D eigenvalue weighted by Crippen LogP contribution is -2.26. The van der Waals surface area contributed by atoms with E-state index in [4.69, 9.17) is 10.5 Å². The highest BCUT2D eigenvalue weighted by molar-refractivity contribution is 5.98. The maximum Gasteiger partial charge on any atom is 0.257 e. The van der Waals surface area contributed by atoms with Crippen LogP contribution in [0.3, 0.4) is 0 Å². The number of nitrogens with zero attached hydrogens (tertiary/aromatic N) is 1. The molecule has 0 saturated carbocycles. The van der Waals surface area contributed by atoms with Gasteiger partial charge in [0.2, 0.25) is 0 Å². The van der Waals surface area contributed by atoms with E-state index in [1.165, 1.54) is 12.0 Å². The molecule has 110 valence electrons. The number of nitrogen functional groups attached to an aromatic ring is 1. The van der Waals surface area contributed by atoms with Crippen LogP contribution < -0.4 is 10.5 Å². The number of anilines is 1. The van der Waals surface area contributed by atoms with Crippen LogP contribution in [-0.2, 0) is 6.54 Å². The highest BCUT2D eigenvalue weighted by Crippen LogP contribution is 2.27. The summed E-state index contributed by atoms with van der Waals surface area (Å²) in [5.74, 6) is 0.311. The van der Waals surface area contributed by atoms with Gasteiger partial charge in [-0.1, -0.05) is 24.3 Å². The molecule has 1 amide bonds. The lowest BCUT2D eigenvalue weighted by molar-refractivity contribution is 0.0781. The zero-order valence-corrected chi connectivity index (χ0v) is 12.0. The number of aromatic hydroxyl groups is 1. The first-order chi connectivity index (χ1) is 10.0. The number of benzene rings is 2. The van der Waals surface area contributed by atoms with Gasteiger partial charge in [0.1, 0.15) is 5.75 Å². The Hall–Kier alpha value is -2.69. The van der Waals surface area contributed by atoms with E-state index in [1.807, 2.05) is 6.07 Å². The molecule has 0 heterocycles. The molecule has 0 fully saturated rings. The maximum absolute atomic E-state index is 12.5. The summed E-state index contributed by atoms with van der Waals surface area (Å²) in [4.78, 5) is 14.0. The first-order valence-electron chi connectivity index (χ1n) is 6.49. The van der Waals surface area contributed by atoms with Gasteiger partial charge >= 0.3 is 0 Å². The van der Waals surface area contributed by atoms with E-state index >= 15 is 0 Å². The van der Waals surface area contributed by atoms with Crippen molar-refractivity contribution in [2.75, 3.05) is 19.9 Å². The molecule has 21 heavy (non-hydrogen) atoms. The SMILES string of the molecule is COc1c(N)cccc1C(=O)N(C)Cc1ccccc1O. The summed E-state index contributed by atoms with van der Waals surface area (Å²) >= 11 is 0. The molecular formula is C16H18N2O3. The zero-order chi connectivity index (χ0) is 15.4. The molecule has 3 N–H and O–H groups in total. The molecule has 0 saturated heterocycles. The molecule has 0 atom stereocenters. The zero-order valence-electron chi connectivity index (χ0n) is 12.0. The number of hydrogen-bond acceptors (Lipinski definition) is 4. The lowest BCUT2D eigenvalue weighted by atomic mass is 10.1. The van der Waals surface area contributed by atoms with Crippen LogP contribution in [0.4, 0.5) is 5.69 Å². The Morgan fingerprint density at radius 2 is 1.95 bits per heavy atom. The van der Waals surface area contributed by atoms with Crippen molar-refractivity contribution in [3.63, 3.8) is 0 Å². The highest BCUT2D eigenvalue weighted by Gasteiger charge is 2.19. The molecule has 0 bridgehead atoms. The second kappa shape index (κ2) is 6.17. The van der Waals surface area contributed by atoms with Crippen molar-refractivity contribution in [1.82, 2.24) is 4.90 Å². The molecule has 0 spiro atoms. The summed E-state index contributed by atoms with van der Waals surface area (Å²) in [6, 6.07) is 12.0. The van der Waals surface area contributed by atoms with Crippen molar-refractivity contribution >= 4 is 11.6 Å². The van der Waals surface area contributed by atoms with Crippen LogP contribution in [0, 0.1) is 0 Å². The smallest absolute Gasteiger partial charge is 0.257 e. The van der Waals surface area contributed by atoms with Crippen molar-refractivity contribution in [2.24, 2.45) is 0 Å². The highest BCUT2D eigenvalue weighted by atomic mass is 16.5. The van der Waals surface area contributed by atoms with E-state index in [1.54, 1.807) is 43.4 Å². The molecule has 5 heteroatoms. The Bertz CT molecular complexity index is 656. The van der Waals surface area contributed by atoms with Gasteiger partial charge in [-0.3, -0.25) is 4.79 Å². The largest absolute Gasteiger partial charge is 0.508 e. The Balaban J connectivity index is 2.24. The molecule has 5 nitrogen and oxygen atoms in total. The monoisotopic (exact) mass is 286 g/mol. The molecule has 0 aliphatic carbocycles. The fraction of sp³-hybridized carbons (Fsp3) is 0.188. The van der Waals surface area contributed by atoms with Gasteiger partial charge in [0.05, 0.1) is 18.4 Å². The fourth-order valence-electron chi connectivity index (χ4n) is 2.13. The number of carbonyl (C=O) groups excluding carboxylic acids is 1. The van der Waals surface area contributed by atoms with Gasteiger partial charge in [0.25, 0.3) is 5.91 Å². The standard InChI is InChI=1S/C16H18N2O3/c1-18(10-11-6-3-4-9-14(11)19)16(20)12-7-5-8-13(17)15(12)21-2/h3-9,19H,10,17H2,1-2H3. The average Bonchev–Trinajstić information content (AvgIpc) is 2.48. The van der Waals surface area contributed by atoms with Crippen LogP contribution in [0.2, 0.25) is 0 Å². The number of ether oxygens (including phenoxy) is 1. The predicted molar refractivity (Wildman–Crippen MR) is 81.3 cm³/mol. The lowest BCUT2D eigenvalue weighted by Gasteiger charge is -2.19. The van der Waals surface area contributed by atoms with Crippen LogP contribution in [0.5, 0.6) is 11.5 Å². The number of amides is 1. The number of phenolic OH excluding ortho intramolecular Hbond substituents is 1. The first-order valence-corrected chi connectivity index (χ1v) is 6.49. The number of carbonyl (C=O) groups is 1. The molecule has 2 rings (SSSR count). The predicted octanol–water partition coefficient (Wildman–Crippen LogP) is 2.26. The number of rotatable bonds is 4. The molecule has 2 aromatic carbocycles. The summed E-state index contributed by atoms with van der Waals surface area (Å²) < 4.78 is 5.20. The topological polar surface area (TPSA) is 75.8 Å². The third kappa shape index (κ3) is 3.08. The van der Waals surface area contributed by atoms with E-state index < -0.39 is 0 Å². The second-order valence-corrected chi connectivity index (χ2v) is 4.72. The quantitative estimate of drug-likeness (QED) is 0.845. The van der Waals surface area contributed by atoms with Gasteiger partial charge in [-0.05, 0) is 18.2 Å².